The van der Waals surface area contributed by atoms with Crippen LogP contribution in [0, 0.1) is 0 Å². The lowest BCUT2D eigenvalue weighted by Crippen LogP contribution is -2.12. The van der Waals surface area contributed by atoms with Crippen LogP contribution in [0.4, 0.5) is 11.5 Å². The van der Waals surface area contributed by atoms with E-state index in [1.165, 1.54) is 6.20 Å². The summed E-state index contributed by atoms with van der Waals surface area (Å²) in [6.45, 7) is 3.43. The molecule has 0 bridgehead atoms. The molecule has 0 aliphatic rings. The Labute approximate surface area is 138 Å². The normalized spacial score (nSPS) is 11.6. The molecule has 3 rings (SSSR count). The molecule has 0 saturated carbocycles. The maximum Gasteiger partial charge on any atom is 0.224 e. The van der Waals surface area contributed by atoms with E-state index in [9.17, 15) is 9.67 Å². The van der Waals surface area contributed by atoms with Gasteiger partial charge in [-0.2, -0.15) is 4.98 Å². The van der Waals surface area contributed by atoms with Crippen LogP contribution in [0.5, 0.6) is 5.75 Å². The van der Waals surface area contributed by atoms with Crippen LogP contribution in [0.2, 0.25) is 5.28 Å². The van der Waals surface area contributed by atoms with E-state index >= 15 is 0 Å². The predicted molar refractivity (Wildman–Crippen MR) is 95.0 cm³/mol. The van der Waals surface area contributed by atoms with Gasteiger partial charge in [0.25, 0.3) is 0 Å². The Morgan fingerprint density at radius 3 is 2.65 bits per heavy atom. The van der Waals surface area contributed by atoms with Crippen molar-refractivity contribution in [3.8, 4) is 5.75 Å². The molecule has 0 atom stereocenters. The van der Waals surface area contributed by atoms with Crippen LogP contribution in [0.1, 0.15) is 0 Å². The molecule has 0 radical (unpaired) electrons. The second-order valence-corrected chi connectivity index (χ2v) is 9.02. The molecule has 0 unspecified atom stereocenters. The third-order valence-corrected chi connectivity index (χ3v) is 5.17. The van der Waals surface area contributed by atoms with Crippen LogP contribution in [0.3, 0.4) is 0 Å². The monoisotopic (exact) mass is 347 g/mol. The smallest absolute Gasteiger partial charge is 0.224 e. The summed E-state index contributed by atoms with van der Waals surface area (Å²) < 4.78 is 12.8. The second kappa shape index (κ2) is 5.84. The Bertz CT molecular complexity index is 940. The second-order valence-electron chi connectivity index (χ2n) is 5.53. The Morgan fingerprint density at radius 1 is 1.17 bits per heavy atom. The quantitative estimate of drug-likeness (QED) is 0.553. The summed E-state index contributed by atoms with van der Waals surface area (Å²) in [5, 5.41) is 15.6. The largest absolute Gasteiger partial charge is 0.503 e. The molecule has 2 aromatic carbocycles. The molecule has 0 saturated heterocycles. The highest BCUT2D eigenvalue weighted by Crippen LogP contribution is 2.42. The fourth-order valence-corrected chi connectivity index (χ4v) is 4.14. The SMILES string of the molecule is CP(C)(=O)c1c(Nc2nc(Cl)ncc2O)ccc2ccccc12. The summed E-state index contributed by atoms with van der Waals surface area (Å²) in [6, 6.07) is 11.5. The molecule has 0 fully saturated rings. The first-order chi connectivity index (χ1) is 10.9. The number of rotatable bonds is 3. The van der Waals surface area contributed by atoms with E-state index in [4.69, 9.17) is 11.6 Å². The minimum Gasteiger partial charge on any atom is -0.503 e. The third-order valence-electron chi connectivity index (χ3n) is 3.43. The lowest BCUT2D eigenvalue weighted by molar-refractivity contribution is 0.472. The standard InChI is InChI=1S/C16H15ClN3O2P/c1-23(2,22)14-11-6-4-3-5-10(11)7-8-12(14)19-15-13(21)9-18-16(17)20-15/h3-9,21H,1-2H3,(H,18,19,20). The first-order valence-corrected chi connectivity index (χ1v) is 9.90. The third kappa shape index (κ3) is 3.16. The lowest BCUT2D eigenvalue weighted by atomic mass is 10.1. The fraction of sp³-hybridized carbons (Fsp3) is 0.125. The number of halogens is 1. The van der Waals surface area contributed by atoms with Gasteiger partial charge in [0, 0.05) is 5.30 Å². The Kier molecular flexibility index (Phi) is 4.00. The Balaban J connectivity index is 2.21. The summed E-state index contributed by atoms with van der Waals surface area (Å²) in [6.07, 6.45) is 1.22. The van der Waals surface area contributed by atoms with Crippen molar-refractivity contribution in [3.05, 3.63) is 47.9 Å². The number of anilines is 2. The topological polar surface area (TPSA) is 75.1 Å². The van der Waals surface area contributed by atoms with Crippen LogP contribution in [0.15, 0.2) is 42.6 Å². The highest BCUT2D eigenvalue weighted by molar-refractivity contribution is 7.71. The van der Waals surface area contributed by atoms with Crippen molar-refractivity contribution < 1.29 is 9.67 Å². The number of nitrogens with one attached hydrogen (secondary N) is 1. The Hall–Kier alpha value is -2.10. The number of fused-ring (bicyclic) bond motifs is 1. The highest BCUT2D eigenvalue weighted by atomic mass is 35.5. The molecular formula is C16H15ClN3O2P. The first-order valence-electron chi connectivity index (χ1n) is 6.92. The predicted octanol–water partition coefficient (Wildman–Crippen LogP) is 3.98. The summed E-state index contributed by atoms with van der Waals surface area (Å²) >= 11 is 5.78. The molecule has 7 heteroatoms. The fourth-order valence-electron chi connectivity index (χ4n) is 2.51. The van der Waals surface area contributed by atoms with E-state index in [0.717, 1.165) is 10.8 Å². The van der Waals surface area contributed by atoms with Gasteiger partial charge < -0.3 is 15.0 Å². The van der Waals surface area contributed by atoms with Crippen molar-refractivity contribution in [2.75, 3.05) is 18.6 Å². The summed E-state index contributed by atoms with van der Waals surface area (Å²) in [4.78, 5) is 7.69. The zero-order valence-electron chi connectivity index (χ0n) is 12.6. The molecule has 1 aromatic heterocycles. The van der Waals surface area contributed by atoms with Gasteiger partial charge in [-0.15, -0.1) is 0 Å². The molecule has 2 N–H and O–H groups in total. The van der Waals surface area contributed by atoms with Gasteiger partial charge in [0.05, 0.1) is 11.9 Å². The van der Waals surface area contributed by atoms with Gasteiger partial charge in [0.2, 0.25) is 5.28 Å². The number of benzene rings is 2. The van der Waals surface area contributed by atoms with Gasteiger partial charge in [-0.1, -0.05) is 30.3 Å². The van der Waals surface area contributed by atoms with Gasteiger partial charge in [0.15, 0.2) is 11.6 Å². The van der Waals surface area contributed by atoms with E-state index in [1.54, 1.807) is 13.3 Å². The molecule has 0 spiro atoms. The van der Waals surface area contributed by atoms with Crippen LogP contribution in [0.25, 0.3) is 10.8 Å². The van der Waals surface area contributed by atoms with Crippen molar-refractivity contribution in [3.63, 3.8) is 0 Å². The molecule has 5 nitrogen and oxygen atoms in total. The minimum absolute atomic E-state index is 0.0174. The van der Waals surface area contributed by atoms with Gasteiger partial charge in [-0.25, -0.2) is 4.98 Å². The summed E-state index contributed by atoms with van der Waals surface area (Å²) in [5.74, 6) is 0.0468. The highest BCUT2D eigenvalue weighted by Gasteiger charge is 2.20. The first kappa shape index (κ1) is 15.8. The van der Waals surface area contributed by atoms with E-state index in [1.807, 2.05) is 36.4 Å². The molecule has 3 aromatic rings. The van der Waals surface area contributed by atoms with Crippen molar-refractivity contribution in [1.29, 1.82) is 0 Å². The number of aromatic hydroxyl groups is 1. The van der Waals surface area contributed by atoms with Crippen molar-refractivity contribution in [2.24, 2.45) is 0 Å². The molecule has 0 amide bonds. The van der Waals surface area contributed by atoms with Gasteiger partial charge in [0.1, 0.15) is 7.14 Å². The van der Waals surface area contributed by atoms with E-state index < -0.39 is 7.14 Å². The maximum absolute atomic E-state index is 12.8. The average molecular weight is 348 g/mol. The van der Waals surface area contributed by atoms with Crippen LogP contribution in [-0.2, 0) is 4.57 Å². The molecule has 1 heterocycles. The number of nitrogens with zero attached hydrogens (tertiary/aromatic N) is 2. The molecule has 0 aliphatic heterocycles. The average Bonchev–Trinajstić information content (AvgIpc) is 2.49. The van der Waals surface area contributed by atoms with Gasteiger partial charge in [-0.05, 0) is 41.8 Å². The van der Waals surface area contributed by atoms with Crippen molar-refractivity contribution >= 4 is 46.3 Å². The molecule has 0 aliphatic carbocycles. The lowest BCUT2D eigenvalue weighted by Gasteiger charge is -2.18. The van der Waals surface area contributed by atoms with E-state index in [2.05, 4.69) is 15.3 Å². The molecule has 118 valence electrons. The van der Waals surface area contributed by atoms with Gasteiger partial charge in [-0.3, -0.25) is 0 Å². The number of hydrogen-bond donors (Lipinski definition) is 2. The minimum atomic E-state index is -2.59. The number of hydrogen-bond acceptors (Lipinski definition) is 5. The number of aromatic nitrogens is 2. The Morgan fingerprint density at radius 2 is 1.91 bits per heavy atom. The van der Waals surface area contributed by atoms with E-state index in [0.29, 0.717) is 11.0 Å². The summed E-state index contributed by atoms with van der Waals surface area (Å²) in [7, 11) is -2.59. The van der Waals surface area contributed by atoms with Crippen molar-refractivity contribution in [1.82, 2.24) is 9.97 Å². The molecule has 23 heavy (non-hydrogen) atoms. The summed E-state index contributed by atoms with van der Waals surface area (Å²) in [5.41, 5.74) is 0.627. The maximum atomic E-state index is 12.8. The zero-order valence-corrected chi connectivity index (χ0v) is 14.3. The zero-order chi connectivity index (χ0) is 16.6. The van der Waals surface area contributed by atoms with Crippen molar-refractivity contribution in [2.45, 2.75) is 0 Å². The van der Waals surface area contributed by atoms with Gasteiger partial charge >= 0.3 is 0 Å². The molecular weight excluding hydrogens is 333 g/mol. The van der Waals surface area contributed by atoms with Crippen LogP contribution in [-0.4, -0.2) is 28.4 Å². The van der Waals surface area contributed by atoms with Crippen LogP contribution >= 0.6 is 18.7 Å². The van der Waals surface area contributed by atoms with Crippen LogP contribution < -0.4 is 10.6 Å². The van der Waals surface area contributed by atoms with E-state index in [-0.39, 0.29) is 16.9 Å².